The molecule has 0 aliphatic rings. The third-order valence-electron chi connectivity index (χ3n) is 14.6. The Morgan fingerprint density at radius 1 is 0.314 bits per heavy atom. The van der Waals surface area contributed by atoms with Crippen LogP contribution in [0.25, 0.3) is 0 Å². The number of carbonyl (C=O) groups excluding carboxylic acids is 3. The van der Waals surface area contributed by atoms with Gasteiger partial charge in [0.2, 0.25) is 0 Å². The number of hydrogen-bond acceptors (Lipinski definition) is 6. The van der Waals surface area contributed by atoms with E-state index >= 15 is 0 Å². The highest BCUT2D eigenvalue weighted by Gasteiger charge is 2.13. The monoisotopic (exact) mass is 985 g/mol. The predicted octanol–water partition coefficient (Wildman–Crippen LogP) is 20.6. The molecule has 412 valence electrons. The van der Waals surface area contributed by atoms with Gasteiger partial charge >= 0.3 is 17.9 Å². The van der Waals surface area contributed by atoms with Crippen LogP contribution in [-0.2, 0) is 28.6 Å². The van der Waals surface area contributed by atoms with Crippen LogP contribution in [-0.4, -0.2) is 37.7 Å². The molecule has 0 saturated carbocycles. The summed E-state index contributed by atoms with van der Waals surface area (Å²) in [5.74, 6) is 0.949. The Balaban J connectivity index is 4.48. The van der Waals surface area contributed by atoms with Crippen LogP contribution in [0.1, 0.15) is 330 Å². The fourth-order valence-corrected chi connectivity index (χ4v) is 9.56. The molecule has 0 rings (SSSR count). The highest BCUT2D eigenvalue weighted by Crippen LogP contribution is 2.20. The van der Waals surface area contributed by atoms with Crippen LogP contribution in [0.3, 0.4) is 0 Å². The number of ether oxygens (including phenoxy) is 3. The van der Waals surface area contributed by atoms with E-state index in [-0.39, 0.29) is 23.8 Å². The average Bonchev–Trinajstić information content (AvgIpc) is 3.36. The molecule has 70 heavy (non-hydrogen) atoms. The van der Waals surface area contributed by atoms with Crippen molar-refractivity contribution in [2.24, 2.45) is 17.8 Å². The lowest BCUT2D eigenvalue weighted by Gasteiger charge is -2.14. The number of unbranched alkanes of at least 4 members (excludes halogenated alkanes) is 33. The van der Waals surface area contributed by atoms with E-state index in [1.54, 1.807) is 0 Å². The van der Waals surface area contributed by atoms with Crippen LogP contribution >= 0.6 is 0 Å². The number of hydrogen-bond donors (Lipinski definition) is 0. The average molecular weight is 986 g/mol. The van der Waals surface area contributed by atoms with Gasteiger partial charge in [0.25, 0.3) is 0 Å². The molecule has 3 atom stereocenters. The normalized spacial score (nSPS) is 13.0. The minimum Gasteiger partial charge on any atom is -0.465 e. The van der Waals surface area contributed by atoms with Crippen LogP contribution in [0.5, 0.6) is 0 Å². The summed E-state index contributed by atoms with van der Waals surface area (Å²) in [7, 11) is 0. The first-order valence-corrected chi connectivity index (χ1v) is 31.2. The van der Waals surface area contributed by atoms with Gasteiger partial charge in [0, 0.05) is 31.1 Å². The highest BCUT2D eigenvalue weighted by atomic mass is 16.5. The lowest BCUT2D eigenvalue weighted by molar-refractivity contribution is -0.146. The Bertz CT molecular complexity index is 1160. The summed E-state index contributed by atoms with van der Waals surface area (Å²) < 4.78 is 17.3. The maximum Gasteiger partial charge on any atom is 0.305 e. The predicted molar refractivity (Wildman–Crippen MR) is 302 cm³/mol. The molecule has 0 aromatic carbocycles. The maximum absolute atomic E-state index is 12.8. The van der Waals surface area contributed by atoms with Crippen LogP contribution in [0.15, 0.2) is 24.3 Å². The van der Waals surface area contributed by atoms with E-state index in [0.717, 1.165) is 109 Å². The molecule has 0 fully saturated rings. The number of rotatable bonds is 56. The van der Waals surface area contributed by atoms with E-state index in [9.17, 15) is 14.4 Å². The SMILES string of the molecule is CCCCCCC/C=C/C(CCCCCCCC(=O)OCC(CC)CCCC)COC(=O)CCCCCC/C=C/C(CCCCCCCC)COC(=O)CCCCCCCCCCCCCCCCC. The lowest BCUT2D eigenvalue weighted by Crippen LogP contribution is -2.13. The number of esters is 3. The van der Waals surface area contributed by atoms with Gasteiger partial charge in [-0.05, 0) is 70.1 Å². The Hall–Kier alpha value is -2.11. The summed E-state index contributed by atoms with van der Waals surface area (Å²) in [6, 6.07) is 0. The van der Waals surface area contributed by atoms with E-state index < -0.39 is 0 Å². The van der Waals surface area contributed by atoms with E-state index in [2.05, 4.69) is 58.9 Å². The molecule has 0 N–H and O–H groups in total. The van der Waals surface area contributed by atoms with E-state index in [1.165, 1.54) is 167 Å². The molecule has 0 amide bonds. The van der Waals surface area contributed by atoms with Gasteiger partial charge in [-0.25, -0.2) is 0 Å². The van der Waals surface area contributed by atoms with Gasteiger partial charge in [0.05, 0.1) is 19.8 Å². The van der Waals surface area contributed by atoms with Gasteiger partial charge in [-0.1, -0.05) is 271 Å². The summed E-state index contributed by atoms with van der Waals surface area (Å²) in [4.78, 5) is 37.8. The topological polar surface area (TPSA) is 78.9 Å². The third kappa shape index (κ3) is 50.8. The minimum atomic E-state index is -0.0629. The molecule has 6 heteroatoms. The van der Waals surface area contributed by atoms with E-state index in [4.69, 9.17) is 14.2 Å². The Morgan fingerprint density at radius 2 is 0.600 bits per heavy atom. The Morgan fingerprint density at radius 3 is 0.929 bits per heavy atom. The second-order valence-corrected chi connectivity index (χ2v) is 21.6. The van der Waals surface area contributed by atoms with Crippen molar-refractivity contribution in [3.63, 3.8) is 0 Å². The summed E-state index contributed by atoms with van der Waals surface area (Å²) in [5, 5.41) is 0. The second kappa shape index (κ2) is 56.2. The van der Waals surface area contributed by atoms with Crippen molar-refractivity contribution < 1.29 is 28.6 Å². The maximum atomic E-state index is 12.8. The van der Waals surface area contributed by atoms with Crippen LogP contribution in [0.2, 0.25) is 0 Å². The van der Waals surface area contributed by atoms with Crippen molar-refractivity contribution in [2.45, 2.75) is 330 Å². The van der Waals surface area contributed by atoms with E-state index in [0.29, 0.717) is 50.9 Å². The van der Waals surface area contributed by atoms with Gasteiger partial charge in [-0.3, -0.25) is 14.4 Å². The zero-order valence-corrected chi connectivity index (χ0v) is 47.6. The number of carbonyl (C=O) groups is 3. The van der Waals surface area contributed by atoms with Gasteiger partial charge in [-0.2, -0.15) is 0 Å². The fraction of sp³-hybridized carbons (Fsp3) is 0.891. The first-order chi connectivity index (χ1) is 34.4. The van der Waals surface area contributed by atoms with Crippen molar-refractivity contribution in [3.8, 4) is 0 Å². The zero-order valence-electron chi connectivity index (χ0n) is 47.6. The first-order valence-electron chi connectivity index (χ1n) is 31.2. The molecule has 0 aliphatic carbocycles. The van der Waals surface area contributed by atoms with Crippen molar-refractivity contribution >= 4 is 17.9 Å². The quantitative estimate of drug-likeness (QED) is 0.0261. The third-order valence-corrected chi connectivity index (χ3v) is 14.6. The van der Waals surface area contributed by atoms with Crippen LogP contribution < -0.4 is 0 Å². The zero-order chi connectivity index (χ0) is 51.1. The summed E-state index contributed by atoms with van der Waals surface area (Å²) in [5.41, 5.74) is 0. The molecule has 0 bridgehead atoms. The molecule has 0 saturated heterocycles. The smallest absolute Gasteiger partial charge is 0.305 e. The molecule has 6 nitrogen and oxygen atoms in total. The van der Waals surface area contributed by atoms with Crippen LogP contribution in [0.4, 0.5) is 0 Å². The molecule has 0 aromatic heterocycles. The van der Waals surface area contributed by atoms with Gasteiger partial charge in [0.1, 0.15) is 0 Å². The summed E-state index contributed by atoms with van der Waals surface area (Å²) in [6.45, 7) is 12.8. The van der Waals surface area contributed by atoms with Gasteiger partial charge in [-0.15, -0.1) is 0 Å². The standard InChI is InChI=1S/C64H120O6/c1-6-11-15-18-21-22-23-24-25-26-27-28-30-38-45-54-63(66)69-57-60(49-41-34-20-17-13-8-3)51-43-36-31-32-39-46-55-64(67)70-58-61(50-42-35-29-19-16-12-7-2)52-44-37-33-40-47-53-62(65)68-56-59(10-5)48-14-9-4/h42-43,50-51,59-61H,6-41,44-49,52-58H2,1-5H3/b50-42+,51-43+. The van der Waals surface area contributed by atoms with Gasteiger partial charge in [0.15, 0.2) is 0 Å². The molecule has 3 unspecified atom stereocenters. The molecular formula is C64H120O6. The van der Waals surface area contributed by atoms with Crippen molar-refractivity contribution in [1.82, 2.24) is 0 Å². The fourth-order valence-electron chi connectivity index (χ4n) is 9.56. The van der Waals surface area contributed by atoms with Gasteiger partial charge < -0.3 is 14.2 Å². The van der Waals surface area contributed by atoms with Crippen molar-refractivity contribution in [2.75, 3.05) is 19.8 Å². The molecule has 0 aromatic rings. The molecular weight excluding hydrogens is 865 g/mol. The molecule has 0 radical (unpaired) electrons. The lowest BCUT2D eigenvalue weighted by atomic mass is 9.99. The van der Waals surface area contributed by atoms with Crippen LogP contribution in [0, 0.1) is 17.8 Å². The summed E-state index contributed by atoms with van der Waals surface area (Å²) >= 11 is 0. The molecule has 0 spiro atoms. The molecule has 0 heterocycles. The number of allylic oxidation sites excluding steroid dienone is 2. The van der Waals surface area contributed by atoms with Crippen molar-refractivity contribution in [1.29, 1.82) is 0 Å². The summed E-state index contributed by atoms with van der Waals surface area (Å²) in [6.07, 6.45) is 63.2. The van der Waals surface area contributed by atoms with Crippen molar-refractivity contribution in [3.05, 3.63) is 24.3 Å². The first kappa shape index (κ1) is 67.9. The molecule has 0 aliphatic heterocycles. The van der Waals surface area contributed by atoms with E-state index in [1.807, 2.05) is 0 Å². The minimum absolute atomic E-state index is 0.0217. The Labute approximate surface area is 436 Å². The highest BCUT2D eigenvalue weighted by molar-refractivity contribution is 5.70. The largest absolute Gasteiger partial charge is 0.465 e. The Kier molecular flexibility index (Phi) is 54.5. The second-order valence-electron chi connectivity index (χ2n) is 21.6.